The third-order valence-electron chi connectivity index (χ3n) is 4.70. The summed E-state index contributed by atoms with van der Waals surface area (Å²) in [5, 5.41) is 6.87. The summed E-state index contributed by atoms with van der Waals surface area (Å²) in [5.74, 6) is 2.04. The Kier molecular flexibility index (Phi) is 12.7. The van der Waals surface area contributed by atoms with Crippen molar-refractivity contribution in [3.63, 3.8) is 0 Å². The number of benzene rings is 1. The van der Waals surface area contributed by atoms with E-state index >= 15 is 0 Å². The lowest BCUT2D eigenvalue weighted by Crippen LogP contribution is -2.43. The van der Waals surface area contributed by atoms with Gasteiger partial charge in [0.2, 0.25) is 0 Å². The van der Waals surface area contributed by atoms with Gasteiger partial charge in [0, 0.05) is 26.2 Å². The summed E-state index contributed by atoms with van der Waals surface area (Å²) in [6.07, 6.45) is 2.60. The van der Waals surface area contributed by atoms with Crippen molar-refractivity contribution in [2.24, 2.45) is 16.8 Å². The van der Waals surface area contributed by atoms with Gasteiger partial charge in [-0.05, 0) is 50.8 Å². The topological polar surface area (TPSA) is 48.9 Å². The minimum absolute atomic E-state index is 0. The van der Waals surface area contributed by atoms with Gasteiger partial charge in [-0.3, -0.25) is 4.99 Å². The first-order chi connectivity index (χ1) is 12.7. The molecule has 0 aromatic heterocycles. The SMILES string of the molecule is CCNC(=NCC(C)COCc1ccccc1)NCC1CCCN(C)C1.I. The van der Waals surface area contributed by atoms with E-state index in [4.69, 9.17) is 9.73 Å². The van der Waals surface area contributed by atoms with Crippen LogP contribution >= 0.6 is 24.0 Å². The first-order valence-corrected chi connectivity index (χ1v) is 9.99. The molecule has 2 N–H and O–H groups in total. The van der Waals surface area contributed by atoms with Gasteiger partial charge in [0.15, 0.2) is 5.96 Å². The van der Waals surface area contributed by atoms with E-state index in [2.05, 4.69) is 48.6 Å². The van der Waals surface area contributed by atoms with E-state index in [1.165, 1.54) is 31.5 Å². The highest BCUT2D eigenvalue weighted by Crippen LogP contribution is 2.13. The van der Waals surface area contributed by atoms with Crippen LogP contribution in [0.4, 0.5) is 0 Å². The van der Waals surface area contributed by atoms with Gasteiger partial charge in [0.1, 0.15) is 0 Å². The zero-order valence-electron chi connectivity index (χ0n) is 17.1. The maximum atomic E-state index is 5.83. The number of nitrogens with zero attached hydrogens (tertiary/aromatic N) is 2. The molecule has 2 unspecified atom stereocenters. The van der Waals surface area contributed by atoms with Crippen molar-refractivity contribution in [1.29, 1.82) is 0 Å². The summed E-state index contributed by atoms with van der Waals surface area (Å²) >= 11 is 0. The van der Waals surface area contributed by atoms with Crippen LogP contribution in [0.15, 0.2) is 35.3 Å². The number of hydrogen-bond acceptors (Lipinski definition) is 3. The first-order valence-electron chi connectivity index (χ1n) is 9.99. The van der Waals surface area contributed by atoms with Crippen LogP contribution in [0, 0.1) is 11.8 Å². The number of likely N-dealkylation sites (tertiary alicyclic amines) is 1. The molecule has 1 fully saturated rings. The van der Waals surface area contributed by atoms with Crippen LogP contribution in [-0.4, -0.2) is 57.2 Å². The molecule has 6 heteroatoms. The highest BCUT2D eigenvalue weighted by Gasteiger charge is 2.17. The molecule has 1 aromatic carbocycles. The monoisotopic (exact) mass is 488 g/mol. The number of rotatable bonds is 9. The largest absolute Gasteiger partial charge is 0.376 e. The fraction of sp³-hybridized carbons (Fsp3) is 0.667. The third-order valence-corrected chi connectivity index (χ3v) is 4.70. The minimum atomic E-state index is 0. The highest BCUT2D eigenvalue weighted by atomic mass is 127. The highest BCUT2D eigenvalue weighted by molar-refractivity contribution is 14.0. The van der Waals surface area contributed by atoms with Crippen LogP contribution in [0.2, 0.25) is 0 Å². The van der Waals surface area contributed by atoms with E-state index < -0.39 is 0 Å². The fourth-order valence-corrected chi connectivity index (χ4v) is 3.27. The third kappa shape index (κ3) is 10.3. The predicted octanol–water partition coefficient (Wildman–Crippen LogP) is 3.35. The summed E-state index contributed by atoms with van der Waals surface area (Å²) < 4.78 is 5.83. The number of hydrogen-bond donors (Lipinski definition) is 2. The van der Waals surface area contributed by atoms with E-state index in [1.807, 2.05) is 18.2 Å². The molecule has 0 radical (unpaired) electrons. The minimum Gasteiger partial charge on any atom is -0.376 e. The molecule has 2 rings (SSSR count). The van der Waals surface area contributed by atoms with Crippen LogP contribution in [0.5, 0.6) is 0 Å². The molecule has 27 heavy (non-hydrogen) atoms. The van der Waals surface area contributed by atoms with Gasteiger partial charge in [0.05, 0.1) is 13.2 Å². The number of guanidine groups is 1. The van der Waals surface area contributed by atoms with Crippen LogP contribution < -0.4 is 10.6 Å². The molecule has 154 valence electrons. The molecule has 0 spiro atoms. The lowest BCUT2D eigenvalue weighted by Gasteiger charge is -2.30. The van der Waals surface area contributed by atoms with Crippen LogP contribution in [-0.2, 0) is 11.3 Å². The number of aliphatic imine (C=N–C) groups is 1. The molecule has 2 atom stereocenters. The van der Waals surface area contributed by atoms with Crippen molar-refractivity contribution < 1.29 is 4.74 Å². The number of ether oxygens (including phenoxy) is 1. The summed E-state index contributed by atoms with van der Waals surface area (Å²) in [7, 11) is 2.21. The summed E-state index contributed by atoms with van der Waals surface area (Å²) in [6, 6.07) is 10.3. The van der Waals surface area contributed by atoms with Gasteiger partial charge in [-0.15, -0.1) is 24.0 Å². The van der Waals surface area contributed by atoms with E-state index in [-0.39, 0.29) is 24.0 Å². The van der Waals surface area contributed by atoms with Crippen molar-refractivity contribution in [1.82, 2.24) is 15.5 Å². The second kappa shape index (κ2) is 14.2. The second-order valence-electron chi connectivity index (χ2n) is 7.48. The fourth-order valence-electron chi connectivity index (χ4n) is 3.27. The number of halogens is 1. The van der Waals surface area contributed by atoms with Gasteiger partial charge < -0.3 is 20.3 Å². The van der Waals surface area contributed by atoms with Crippen molar-refractivity contribution in [3.05, 3.63) is 35.9 Å². The molecule has 0 aliphatic carbocycles. The van der Waals surface area contributed by atoms with Gasteiger partial charge in [0.25, 0.3) is 0 Å². The molecule has 0 bridgehead atoms. The van der Waals surface area contributed by atoms with Gasteiger partial charge in [-0.1, -0.05) is 37.3 Å². The van der Waals surface area contributed by atoms with Crippen LogP contribution in [0.1, 0.15) is 32.3 Å². The first kappa shape index (κ1) is 24.2. The molecule has 0 saturated carbocycles. The predicted molar refractivity (Wildman–Crippen MR) is 125 cm³/mol. The second-order valence-corrected chi connectivity index (χ2v) is 7.48. The summed E-state index contributed by atoms with van der Waals surface area (Å²) in [6.45, 7) is 10.8. The molecule has 1 aliphatic rings. The number of nitrogens with one attached hydrogen (secondary N) is 2. The molecule has 1 heterocycles. The smallest absolute Gasteiger partial charge is 0.191 e. The van der Waals surface area contributed by atoms with Crippen molar-refractivity contribution in [3.8, 4) is 0 Å². The molecular weight excluding hydrogens is 451 g/mol. The zero-order valence-corrected chi connectivity index (χ0v) is 19.4. The normalized spacial score (nSPS) is 19.2. The van der Waals surface area contributed by atoms with E-state index in [9.17, 15) is 0 Å². The van der Waals surface area contributed by atoms with Crippen LogP contribution in [0.3, 0.4) is 0 Å². The molecule has 0 amide bonds. The molecule has 1 saturated heterocycles. The van der Waals surface area contributed by atoms with Gasteiger partial charge >= 0.3 is 0 Å². The Hall–Kier alpha value is -0.860. The van der Waals surface area contributed by atoms with Crippen LogP contribution in [0.25, 0.3) is 0 Å². The maximum absolute atomic E-state index is 5.83. The summed E-state index contributed by atoms with van der Waals surface area (Å²) in [5.41, 5.74) is 1.22. The Labute approximate surface area is 182 Å². The van der Waals surface area contributed by atoms with Crippen molar-refractivity contribution >= 4 is 29.9 Å². The molecule has 5 nitrogen and oxygen atoms in total. The lowest BCUT2D eigenvalue weighted by molar-refractivity contribution is 0.0945. The Bertz CT molecular complexity index is 526. The standard InChI is InChI=1S/C21H36N4O.HI/c1-4-22-21(24-14-20-11-8-12-25(3)15-20)23-13-18(2)16-26-17-19-9-6-5-7-10-19;/h5-7,9-10,18,20H,4,8,11-17H2,1-3H3,(H2,22,23,24);1H. The average Bonchev–Trinajstić information content (AvgIpc) is 2.65. The molecule has 1 aromatic rings. The van der Waals surface area contributed by atoms with Crippen molar-refractivity contribution in [2.75, 3.05) is 46.4 Å². The van der Waals surface area contributed by atoms with E-state index in [1.54, 1.807) is 0 Å². The molecular formula is C21H37IN4O. The Morgan fingerprint density at radius 1 is 1.30 bits per heavy atom. The van der Waals surface area contributed by atoms with E-state index in [0.717, 1.165) is 32.2 Å². The Morgan fingerprint density at radius 3 is 2.78 bits per heavy atom. The molecule has 1 aliphatic heterocycles. The lowest BCUT2D eigenvalue weighted by atomic mass is 9.99. The Balaban J connectivity index is 0.00000364. The van der Waals surface area contributed by atoms with Gasteiger partial charge in [-0.25, -0.2) is 0 Å². The van der Waals surface area contributed by atoms with E-state index in [0.29, 0.717) is 18.4 Å². The maximum Gasteiger partial charge on any atom is 0.191 e. The quantitative estimate of drug-likeness (QED) is 0.318. The average molecular weight is 488 g/mol. The summed E-state index contributed by atoms with van der Waals surface area (Å²) in [4.78, 5) is 7.17. The zero-order chi connectivity index (χ0) is 18.6. The van der Waals surface area contributed by atoms with Gasteiger partial charge in [-0.2, -0.15) is 0 Å². The number of piperidine rings is 1. The Morgan fingerprint density at radius 2 is 2.07 bits per heavy atom. The van der Waals surface area contributed by atoms with Crippen molar-refractivity contribution in [2.45, 2.75) is 33.3 Å².